The largest absolute Gasteiger partial charge is 0.416 e. The molecule has 4 aromatic heterocycles. The van der Waals surface area contributed by atoms with Crippen molar-refractivity contribution in [2.75, 3.05) is 13.2 Å². The maximum Gasteiger partial charge on any atom is 0.309 e. The van der Waals surface area contributed by atoms with E-state index < -0.39 is 0 Å². The summed E-state index contributed by atoms with van der Waals surface area (Å²) in [6.45, 7) is 9.56. The smallest absolute Gasteiger partial charge is 0.309 e. The summed E-state index contributed by atoms with van der Waals surface area (Å²) in [5.74, 6) is 0.873. The van der Waals surface area contributed by atoms with E-state index in [9.17, 15) is 4.79 Å². The number of carbonyl (C=O) groups is 1. The number of amides is 1. The SMILES string of the molecule is Cc1c(-c2nc3nccc(-c4ccc5c(c4)CCCCC5NC(=O)c4nnc(C(C)(C)C)o4)c3[nH]2)cnn1C1CCOCC1. The molecule has 5 heterocycles. The molecule has 0 bridgehead atoms. The van der Waals surface area contributed by atoms with Gasteiger partial charge in [0.15, 0.2) is 5.65 Å². The molecule has 1 unspecified atom stereocenters. The van der Waals surface area contributed by atoms with Crippen LogP contribution in [0.3, 0.4) is 0 Å². The van der Waals surface area contributed by atoms with Crippen molar-refractivity contribution >= 4 is 17.1 Å². The third kappa shape index (κ3) is 5.29. The first-order valence-electron chi connectivity index (χ1n) is 15.5. The quantitative estimate of drug-likeness (QED) is 0.236. The van der Waals surface area contributed by atoms with Gasteiger partial charge in [0.05, 0.1) is 29.4 Å². The molecule has 11 heteroatoms. The van der Waals surface area contributed by atoms with Gasteiger partial charge in [0.1, 0.15) is 5.82 Å². The first kappa shape index (κ1) is 28.4. The van der Waals surface area contributed by atoms with E-state index in [1.54, 1.807) is 0 Å². The van der Waals surface area contributed by atoms with Crippen molar-refractivity contribution in [1.29, 1.82) is 0 Å². The van der Waals surface area contributed by atoms with Crippen LogP contribution in [0.4, 0.5) is 0 Å². The molecule has 1 atom stereocenters. The summed E-state index contributed by atoms with van der Waals surface area (Å²) in [5, 5.41) is 16.0. The van der Waals surface area contributed by atoms with E-state index in [0.29, 0.717) is 17.6 Å². The zero-order valence-corrected chi connectivity index (χ0v) is 25.7. The lowest BCUT2D eigenvalue weighted by molar-refractivity contribution is 0.0657. The standard InChI is InChI=1S/C33H38N8O3/c1-19-25(18-35-41(19)22-12-15-43-16-13-22)28-37-27-24(11-14-34-29(27)38-28)21-9-10-23-20(17-21)7-5-6-8-26(23)36-30(42)31-39-40-32(44-31)33(2,3)4/h9-11,14,17-18,22,26H,5-8,12-13,15-16H2,1-4H3,(H,36,42)(H,34,37,38). The van der Waals surface area contributed by atoms with Crippen LogP contribution >= 0.6 is 0 Å². The molecule has 1 saturated heterocycles. The lowest BCUT2D eigenvalue weighted by Crippen LogP contribution is -2.29. The van der Waals surface area contributed by atoms with Crippen molar-refractivity contribution in [2.45, 2.75) is 83.7 Å². The van der Waals surface area contributed by atoms with Crippen molar-refractivity contribution in [3.8, 4) is 22.5 Å². The van der Waals surface area contributed by atoms with Gasteiger partial charge < -0.3 is 19.5 Å². The second-order valence-electron chi connectivity index (χ2n) is 12.9. The summed E-state index contributed by atoms with van der Waals surface area (Å²) >= 11 is 0. The Morgan fingerprint density at radius 2 is 1.91 bits per heavy atom. The Morgan fingerprint density at radius 1 is 1.07 bits per heavy atom. The van der Waals surface area contributed by atoms with Crippen LogP contribution in [0, 0.1) is 6.92 Å². The summed E-state index contributed by atoms with van der Waals surface area (Å²) in [6.07, 6.45) is 9.49. The van der Waals surface area contributed by atoms with Crippen LogP contribution in [0.1, 0.15) is 98.4 Å². The van der Waals surface area contributed by atoms with Crippen LogP contribution in [0.2, 0.25) is 0 Å². The number of H-pyrrole nitrogens is 1. The van der Waals surface area contributed by atoms with Gasteiger partial charge in [-0.2, -0.15) is 5.10 Å². The molecule has 11 nitrogen and oxygen atoms in total. The van der Waals surface area contributed by atoms with Gasteiger partial charge >= 0.3 is 11.8 Å². The van der Waals surface area contributed by atoms with Crippen LogP contribution in [0.15, 0.2) is 41.1 Å². The Kier molecular flexibility index (Phi) is 7.28. The second kappa shape index (κ2) is 11.3. The molecular weight excluding hydrogens is 556 g/mol. The molecule has 1 fully saturated rings. The average molecular weight is 595 g/mol. The molecule has 0 spiro atoms. The zero-order valence-electron chi connectivity index (χ0n) is 25.7. The van der Waals surface area contributed by atoms with E-state index >= 15 is 0 Å². The first-order chi connectivity index (χ1) is 21.3. The Bertz CT molecular complexity index is 1820. The lowest BCUT2D eigenvalue weighted by Gasteiger charge is -2.23. The minimum Gasteiger partial charge on any atom is -0.416 e. The van der Waals surface area contributed by atoms with E-state index in [1.165, 1.54) is 5.56 Å². The minimum atomic E-state index is -0.341. The van der Waals surface area contributed by atoms with E-state index in [-0.39, 0.29) is 23.3 Å². The normalized spacial score (nSPS) is 17.9. The molecule has 1 aliphatic heterocycles. The Balaban J connectivity index is 1.17. The average Bonchev–Trinajstić information content (AvgIpc) is 3.74. The highest BCUT2D eigenvalue weighted by molar-refractivity contribution is 5.92. The number of aromatic amines is 1. The number of benzene rings is 1. The zero-order chi connectivity index (χ0) is 30.4. The molecule has 1 amide bonds. The summed E-state index contributed by atoms with van der Waals surface area (Å²) < 4.78 is 13.4. The van der Waals surface area contributed by atoms with E-state index in [2.05, 4.69) is 55.3 Å². The number of pyridine rings is 1. The van der Waals surface area contributed by atoms with Crippen LogP contribution in [0.25, 0.3) is 33.7 Å². The molecule has 228 valence electrons. The monoisotopic (exact) mass is 594 g/mol. The number of ether oxygens (including phenoxy) is 1. The van der Waals surface area contributed by atoms with Gasteiger partial charge in [0.25, 0.3) is 0 Å². The molecular formula is C33H38N8O3. The molecule has 2 N–H and O–H groups in total. The predicted molar refractivity (Wildman–Crippen MR) is 165 cm³/mol. The maximum absolute atomic E-state index is 13.1. The molecule has 1 aromatic carbocycles. The number of rotatable bonds is 5. The molecule has 2 aliphatic rings. The lowest BCUT2D eigenvalue weighted by atomic mass is 9.94. The highest BCUT2D eigenvalue weighted by Crippen LogP contribution is 2.35. The van der Waals surface area contributed by atoms with E-state index in [0.717, 1.165) is 91.0 Å². The third-order valence-corrected chi connectivity index (χ3v) is 8.81. The predicted octanol–water partition coefficient (Wildman–Crippen LogP) is 6.03. The number of imidazole rings is 1. The fraction of sp³-hybridized carbons (Fsp3) is 0.455. The fourth-order valence-electron chi connectivity index (χ4n) is 6.37. The number of hydrogen-bond acceptors (Lipinski definition) is 8. The summed E-state index contributed by atoms with van der Waals surface area (Å²) in [5.41, 5.74) is 7.79. The van der Waals surface area contributed by atoms with Crippen molar-refractivity contribution in [3.63, 3.8) is 0 Å². The van der Waals surface area contributed by atoms with Gasteiger partial charge in [-0.1, -0.05) is 45.4 Å². The van der Waals surface area contributed by atoms with Crippen molar-refractivity contribution < 1.29 is 13.9 Å². The third-order valence-electron chi connectivity index (χ3n) is 8.81. The van der Waals surface area contributed by atoms with E-state index in [4.69, 9.17) is 19.2 Å². The topological polar surface area (TPSA) is 137 Å². The molecule has 0 saturated carbocycles. The first-order valence-corrected chi connectivity index (χ1v) is 15.5. The highest BCUT2D eigenvalue weighted by atomic mass is 16.5. The highest BCUT2D eigenvalue weighted by Gasteiger charge is 2.27. The van der Waals surface area contributed by atoms with Gasteiger partial charge in [0, 0.05) is 36.1 Å². The molecule has 44 heavy (non-hydrogen) atoms. The van der Waals surface area contributed by atoms with Crippen LogP contribution in [-0.4, -0.2) is 54.1 Å². The summed E-state index contributed by atoms with van der Waals surface area (Å²) in [6, 6.07) is 8.75. The van der Waals surface area contributed by atoms with Crippen molar-refractivity contribution in [3.05, 3.63) is 65.3 Å². The van der Waals surface area contributed by atoms with Crippen LogP contribution in [-0.2, 0) is 16.6 Å². The molecule has 5 aromatic rings. The molecule has 0 radical (unpaired) electrons. The van der Waals surface area contributed by atoms with Gasteiger partial charge in [-0.25, -0.2) is 9.97 Å². The van der Waals surface area contributed by atoms with Crippen molar-refractivity contribution in [1.82, 2.24) is 40.2 Å². The molecule has 1 aliphatic carbocycles. The van der Waals surface area contributed by atoms with E-state index in [1.807, 2.05) is 39.2 Å². The van der Waals surface area contributed by atoms with Crippen LogP contribution in [0.5, 0.6) is 0 Å². The number of hydrogen-bond donors (Lipinski definition) is 2. The Hall–Kier alpha value is -4.38. The number of carbonyl (C=O) groups excluding carboxylic acids is 1. The van der Waals surface area contributed by atoms with Crippen LogP contribution < -0.4 is 5.32 Å². The number of aromatic nitrogens is 7. The number of aryl methyl sites for hydroxylation is 1. The summed E-state index contributed by atoms with van der Waals surface area (Å²) in [7, 11) is 0. The minimum absolute atomic E-state index is 0.0000985. The number of fused-ring (bicyclic) bond motifs is 2. The molecule has 7 rings (SSSR count). The van der Waals surface area contributed by atoms with Gasteiger partial charge in [-0.3, -0.25) is 9.48 Å². The van der Waals surface area contributed by atoms with Crippen molar-refractivity contribution in [2.24, 2.45) is 0 Å². The Morgan fingerprint density at radius 3 is 2.70 bits per heavy atom. The number of nitrogens with zero attached hydrogens (tertiary/aromatic N) is 6. The summed E-state index contributed by atoms with van der Waals surface area (Å²) in [4.78, 5) is 26.1. The van der Waals surface area contributed by atoms with Gasteiger partial charge in [-0.15, -0.1) is 10.2 Å². The van der Waals surface area contributed by atoms with Gasteiger partial charge in [-0.05, 0) is 61.8 Å². The maximum atomic E-state index is 13.1. The van der Waals surface area contributed by atoms with Gasteiger partial charge in [0.2, 0.25) is 5.89 Å². The number of nitrogens with one attached hydrogen (secondary N) is 2. The second-order valence-corrected chi connectivity index (χ2v) is 12.9. The Labute approximate surface area is 255 Å². The fourth-order valence-corrected chi connectivity index (χ4v) is 6.37.